The van der Waals surface area contributed by atoms with Crippen LogP contribution in [0.2, 0.25) is 18.1 Å². The molecule has 0 aromatic carbocycles. The van der Waals surface area contributed by atoms with Gasteiger partial charge < -0.3 is 9.74 Å². The lowest BCUT2D eigenvalue weighted by Gasteiger charge is -2.48. The molecule has 3 nitrogen and oxygen atoms in total. The van der Waals surface area contributed by atoms with E-state index in [0.29, 0.717) is 0 Å². The molecule has 1 aliphatic heterocycles. The summed E-state index contributed by atoms with van der Waals surface area (Å²) >= 11 is 0. The van der Waals surface area contributed by atoms with Gasteiger partial charge in [0.1, 0.15) is 6.10 Å². The highest BCUT2D eigenvalue weighted by Gasteiger charge is 2.49. The summed E-state index contributed by atoms with van der Waals surface area (Å²) in [6.45, 7) is 13.0. The number of hydrogen-bond acceptors (Lipinski definition) is 2. The van der Waals surface area contributed by atoms with Crippen molar-refractivity contribution in [2.24, 2.45) is 5.41 Å². The van der Waals surface area contributed by atoms with Gasteiger partial charge in [0.2, 0.25) is 5.91 Å². The second kappa shape index (κ2) is 5.10. The Bertz CT molecular complexity index is 273. The Balaban J connectivity index is 2.75. The van der Waals surface area contributed by atoms with Crippen LogP contribution < -0.4 is 5.32 Å². The number of nitrogens with one attached hydrogen (secondary N) is 1. The molecule has 17 heavy (non-hydrogen) atoms. The predicted molar refractivity (Wildman–Crippen MR) is 73.5 cm³/mol. The summed E-state index contributed by atoms with van der Waals surface area (Å²) in [6, 6.07) is 3.47. The van der Waals surface area contributed by atoms with E-state index in [1.807, 2.05) is 0 Å². The van der Waals surface area contributed by atoms with Crippen LogP contribution in [0.1, 0.15) is 41.5 Å². The van der Waals surface area contributed by atoms with Crippen LogP contribution in [0.15, 0.2) is 0 Å². The van der Waals surface area contributed by atoms with E-state index in [9.17, 15) is 4.79 Å². The van der Waals surface area contributed by atoms with Crippen LogP contribution in [0.25, 0.3) is 0 Å². The molecule has 0 radical (unpaired) electrons. The maximum Gasteiger partial charge on any atom is 0.250 e. The Morgan fingerprint density at radius 1 is 1.18 bits per heavy atom. The van der Waals surface area contributed by atoms with Gasteiger partial charge in [0.05, 0.1) is 6.04 Å². The first-order valence-corrected chi connectivity index (χ1v) is 9.30. The van der Waals surface area contributed by atoms with E-state index in [1.54, 1.807) is 0 Å². The van der Waals surface area contributed by atoms with Crippen LogP contribution in [-0.4, -0.2) is 26.4 Å². The zero-order chi connectivity index (χ0) is 13.3. The van der Waals surface area contributed by atoms with E-state index in [1.165, 1.54) is 0 Å². The fraction of sp³-hybridized carbons (Fsp3) is 0.923. The second-order valence-electron chi connectivity index (χ2n) is 6.13. The van der Waals surface area contributed by atoms with Crippen LogP contribution in [0.3, 0.4) is 0 Å². The van der Waals surface area contributed by atoms with Crippen LogP contribution in [0.4, 0.5) is 0 Å². The molecule has 1 saturated heterocycles. The number of rotatable bonds is 5. The SMILES string of the molecule is CC[Si](CC)(CC)O[C@H]1C(=O)N[C@H]1C(C)(C)C. The lowest BCUT2D eigenvalue weighted by Crippen LogP contribution is -2.70. The van der Waals surface area contributed by atoms with Gasteiger partial charge in [-0.05, 0) is 23.5 Å². The second-order valence-corrected chi connectivity index (χ2v) is 10.9. The summed E-state index contributed by atoms with van der Waals surface area (Å²) in [5.41, 5.74) is 0.0773. The number of amides is 1. The van der Waals surface area contributed by atoms with Crippen LogP contribution in [0.5, 0.6) is 0 Å². The molecule has 0 bridgehead atoms. The minimum Gasteiger partial charge on any atom is -0.403 e. The number of hydrogen-bond donors (Lipinski definition) is 1. The van der Waals surface area contributed by atoms with Crippen molar-refractivity contribution >= 4 is 14.2 Å². The molecule has 4 heteroatoms. The average molecular weight is 257 g/mol. The van der Waals surface area contributed by atoms with E-state index in [0.717, 1.165) is 18.1 Å². The minimum atomic E-state index is -1.67. The number of β-lactam (4-membered cyclic amide) rings is 1. The summed E-state index contributed by atoms with van der Waals surface area (Å²) < 4.78 is 6.30. The molecule has 1 rings (SSSR count). The van der Waals surface area contributed by atoms with E-state index in [4.69, 9.17) is 4.43 Å². The van der Waals surface area contributed by atoms with Gasteiger partial charge >= 0.3 is 0 Å². The largest absolute Gasteiger partial charge is 0.403 e. The molecule has 1 N–H and O–H groups in total. The summed E-state index contributed by atoms with van der Waals surface area (Å²) in [4.78, 5) is 11.7. The van der Waals surface area contributed by atoms with Gasteiger partial charge in [-0.1, -0.05) is 41.5 Å². The fourth-order valence-electron chi connectivity index (χ4n) is 2.43. The first kappa shape index (κ1) is 14.7. The van der Waals surface area contributed by atoms with Gasteiger partial charge in [-0.3, -0.25) is 4.79 Å². The van der Waals surface area contributed by atoms with Crippen molar-refractivity contribution < 1.29 is 9.22 Å². The quantitative estimate of drug-likeness (QED) is 0.607. The highest BCUT2D eigenvalue weighted by Crippen LogP contribution is 2.33. The highest BCUT2D eigenvalue weighted by molar-refractivity contribution is 6.73. The molecule has 1 fully saturated rings. The van der Waals surface area contributed by atoms with Gasteiger partial charge in [0.15, 0.2) is 8.32 Å². The van der Waals surface area contributed by atoms with E-state index in [-0.39, 0.29) is 23.5 Å². The van der Waals surface area contributed by atoms with Crippen molar-refractivity contribution in [3.63, 3.8) is 0 Å². The van der Waals surface area contributed by atoms with Crippen LogP contribution in [-0.2, 0) is 9.22 Å². The van der Waals surface area contributed by atoms with Crippen molar-refractivity contribution in [3.8, 4) is 0 Å². The Morgan fingerprint density at radius 3 is 1.94 bits per heavy atom. The van der Waals surface area contributed by atoms with Gasteiger partial charge in [0.25, 0.3) is 0 Å². The molecule has 0 unspecified atom stereocenters. The van der Waals surface area contributed by atoms with Gasteiger partial charge in [0, 0.05) is 0 Å². The molecular formula is C13H27NO2Si. The third kappa shape index (κ3) is 2.91. The van der Waals surface area contributed by atoms with Crippen molar-refractivity contribution in [2.45, 2.75) is 71.8 Å². The molecule has 2 atom stereocenters. The molecule has 0 aromatic heterocycles. The average Bonchev–Trinajstić information content (AvgIpc) is 2.27. The summed E-state index contributed by atoms with van der Waals surface area (Å²) in [7, 11) is -1.67. The molecule has 0 aliphatic carbocycles. The lowest BCUT2D eigenvalue weighted by atomic mass is 9.79. The smallest absolute Gasteiger partial charge is 0.250 e. The molecule has 1 aliphatic rings. The first-order valence-electron chi connectivity index (χ1n) is 6.78. The minimum absolute atomic E-state index is 0.0773. The van der Waals surface area contributed by atoms with E-state index >= 15 is 0 Å². The molecular weight excluding hydrogens is 230 g/mol. The van der Waals surface area contributed by atoms with Crippen molar-refractivity contribution in [3.05, 3.63) is 0 Å². The van der Waals surface area contributed by atoms with Gasteiger partial charge in [-0.2, -0.15) is 0 Å². The van der Waals surface area contributed by atoms with Gasteiger partial charge in [-0.25, -0.2) is 0 Å². The predicted octanol–water partition coefficient (Wildman–Crippen LogP) is 2.92. The summed E-state index contributed by atoms with van der Waals surface area (Å²) in [6.07, 6.45) is -0.207. The molecule has 0 aromatic rings. The zero-order valence-corrected chi connectivity index (χ0v) is 13.1. The Labute approximate surface area is 106 Å². The normalized spacial score (nSPS) is 25.4. The lowest BCUT2D eigenvalue weighted by molar-refractivity contribution is -0.145. The third-order valence-electron chi connectivity index (χ3n) is 4.10. The summed E-state index contributed by atoms with van der Waals surface area (Å²) in [5.74, 6) is 0.0807. The molecule has 1 amide bonds. The Kier molecular flexibility index (Phi) is 4.41. The topological polar surface area (TPSA) is 38.3 Å². The number of carbonyl (C=O) groups excluding carboxylic acids is 1. The standard InChI is InChI=1S/C13H27NO2Si/c1-7-17(8-2,9-3)16-10-11(13(4,5)6)14-12(10)15/h10-11H,7-9H2,1-6H3,(H,14,15)/t10-,11-/m1/s1. The van der Waals surface area contributed by atoms with Crippen molar-refractivity contribution in [2.75, 3.05) is 0 Å². The zero-order valence-electron chi connectivity index (χ0n) is 12.1. The molecule has 100 valence electrons. The van der Waals surface area contributed by atoms with Crippen molar-refractivity contribution in [1.82, 2.24) is 5.32 Å². The fourth-order valence-corrected chi connectivity index (χ4v) is 5.21. The van der Waals surface area contributed by atoms with Crippen molar-refractivity contribution in [1.29, 1.82) is 0 Å². The molecule has 1 heterocycles. The summed E-state index contributed by atoms with van der Waals surface area (Å²) in [5, 5.41) is 2.99. The Hall–Kier alpha value is -0.353. The monoisotopic (exact) mass is 257 g/mol. The maximum atomic E-state index is 11.7. The molecule has 0 saturated carbocycles. The van der Waals surface area contributed by atoms with Crippen LogP contribution in [0, 0.1) is 5.41 Å². The van der Waals surface area contributed by atoms with Crippen LogP contribution >= 0.6 is 0 Å². The third-order valence-corrected chi connectivity index (χ3v) is 8.72. The van der Waals surface area contributed by atoms with E-state index in [2.05, 4.69) is 46.9 Å². The van der Waals surface area contributed by atoms with Gasteiger partial charge in [-0.15, -0.1) is 0 Å². The van der Waals surface area contributed by atoms with E-state index < -0.39 is 8.32 Å². The molecule has 0 spiro atoms. The maximum absolute atomic E-state index is 11.7. The highest BCUT2D eigenvalue weighted by atomic mass is 28.4. The first-order chi connectivity index (χ1) is 7.79. The number of carbonyl (C=O) groups is 1. The Morgan fingerprint density at radius 2 is 1.65 bits per heavy atom.